The summed E-state index contributed by atoms with van der Waals surface area (Å²) in [5.74, 6) is 0. The third kappa shape index (κ3) is 2.62. The summed E-state index contributed by atoms with van der Waals surface area (Å²) in [6, 6.07) is 2.31. The predicted octanol–water partition coefficient (Wildman–Crippen LogP) is 2.91. The molecule has 2 N–H and O–H groups in total. The summed E-state index contributed by atoms with van der Waals surface area (Å²) in [5, 5.41) is 10.4. The number of hydrogen-bond donors (Lipinski definition) is 1. The Hall–Kier alpha value is -0.710. The van der Waals surface area contributed by atoms with Gasteiger partial charge in [-0.05, 0) is 0 Å². The minimum absolute atomic E-state index is 0. The third-order valence-electron chi connectivity index (χ3n) is 1.27. The molecule has 7 heteroatoms. The Labute approximate surface area is 90.2 Å². The van der Waals surface area contributed by atoms with Crippen LogP contribution in [-0.4, -0.2) is 4.92 Å². The molecule has 1 aromatic rings. The molecule has 0 aliphatic heterocycles. The molecule has 4 nitrogen and oxygen atoms in total. The monoisotopic (exact) mass is 242 g/mol. The van der Waals surface area contributed by atoms with Gasteiger partial charge in [-0.25, -0.2) is 0 Å². The molecule has 0 aliphatic carbocycles. The van der Waals surface area contributed by atoms with E-state index in [4.69, 9.17) is 28.9 Å². The lowest BCUT2D eigenvalue weighted by molar-refractivity contribution is -0.384. The number of nitro groups is 1. The van der Waals surface area contributed by atoms with Gasteiger partial charge >= 0.3 is 0 Å². The Kier molecular flexibility index (Phi) is 4.26. The molecule has 0 amide bonds. The zero-order chi connectivity index (χ0) is 9.30. The molecular formula is C6H5Cl3N2O2. The fourth-order valence-electron chi connectivity index (χ4n) is 0.676. The minimum atomic E-state index is -0.586. The van der Waals surface area contributed by atoms with E-state index in [-0.39, 0.29) is 33.8 Å². The van der Waals surface area contributed by atoms with Gasteiger partial charge in [-0.1, -0.05) is 23.2 Å². The van der Waals surface area contributed by atoms with Crippen molar-refractivity contribution in [2.45, 2.75) is 0 Å². The summed E-state index contributed by atoms with van der Waals surface area (Å²) in [6.07, 6.45) is 0. The van der Waals surface area contributed by atoms with Crippen molar-refractivity contribution in [3.8, 4) is 0 Å². The topological polar surface area (TPSA) is 69.2 Å². The van der Waals surface area contributed by atoms with Crippen molar-refractivity contribution in [1.82, 2.24) is 0 Å². The average molecular weight is 243 g/mol. The number of anilines is 1. The van der Waals surface area contributed by atoms with Crippen LogP contribution in [0.3, 0.4) is 0 Å². The standard InChI is InChI=1S/C6H4Cl2N2O2.ClH/c7-4-1-3(10(11)12)2-5(8)6(4)9;/h1-2H,9H2;1H. The Morgan fingerprint density at radius 1 is 1.31 bits per heavy atom. The molecule has 0 saturated carbocycles. The van der Waals surface area contributed by atoms with Crippen molar-refractivity contribution < 1.29 is 4.92 Å². The van der Waals surface area contributed by atoms with Gasteiger partial charge in [0.25, 0.3) is 5.69 Å². The molecule has 0 heterocycles. The fourth-order valence-corrected chi connectivity index (χ4v) is 1.15. The molecule has 0 saturated heterocycles. The maximum Gasteiger partial charge on any atom is 0.272 e. The van der Waals surface area contributed by atoms with Crippen LogP contribution in [-0.2, 0) is 0 Å². The summed E-state index contributed by atoms with van der Waals surface area (Å²) < 4.78 is 0. The number of benzene rings is 1. The SMILES string of the molecule is Cl.Nc1c(Cl)cc([N+](=O)[O-])cc1Cl. The van der Waals surface area contributed by atoms with Gasteiger partial charge in [0.05, 0.1) is 20.7 Å². The van der Waals surface area contributed by atoms with Crippen molar-refractivity contribution in [1.29, 1.82) is 0 Å². The first-order valence-electron chi connectivity index (χ1n) is 2.91. The van der Waals surface area contributed by atoms with Crippen LogP contribution >= 0.6 is 35.6 Å². The van der Waals surface area contributed by atoms with Gasteiger partial charge in [0.15, 0.2) is 0 Å². The van der Waals surface area contributed by atoms with Crippen LogP contribution in [0, 0.1) is 10.1 Å². The Bertz CT molecular complexity index is 320. The van der Waals surface area contributed by atoms with Crippen LogP contribution in [0.25, 0.3) is 0 Å². The molecule has 1 rings (SSSR count). The summed E-state index contributed by atoms with van der Waals surface area (Å²) in [7, 11) is 0. The number of nitro benzene ring substituents is 1. The number of non-ortho nitro benzene ring substituents is 1. The van der Waals surface area contributed by atoms with Crippen molar-refractivity contribution in [2.75, 3.05) is 5.73 Å². The normalized spacial score (nSPS) is 9.08. The van der Waals surface area contributed by atoms with E-state index in [1.54, 1.807) is 0 Å². The Morgan fingerprint density at radius 2 is 1.69 bits per heavy atom. The Morgan fingerprint density at radius 3 is 2.00 bits per heavy atom. The minimum Gasteiger partial charge on any atom is -0.396 e. The quantitative estimate of drug-likeness (QED) is 0.468. The number of nitrogens with zero attached hydrogens (tertiary/aromatic N) is 1. The molecule has 1 aromatic carbocycles. The van der Waals surface area contributed by atoms with E-state index in [1.807, 2.05) is 0 Å². The second-order valence-corrected chi connectivity index (χ2v) is 2.89. The summed E-state index contributed by atoms with van der Waals surface area (Å²) in [5.41, 5.74) is 5.35. The number of halogens is 3. The van der Waals surface area contributed by atoms with Crippen LogP contribution < -0.4 is 5.73 Å². The van der Waals surface area contributed by atoms with E-state index in [0.717, 1.165) is 12.1 Å². The number of rotatable bonds is 1. The van der Waals surface area contributed by atoms with Gasteiger partial charge in [0.2, 0.25) is 0 Å². The van der Waals surface area contributed by atoms with Crippen LogP contribution in [0.4, 0.5) is 11.4 Å². The van der Waals surface area contributed by atoms with Crippen LogP contribution in [0.2, 0.25) is 10.0 Å². The maximum absolute atomic E-state index is 10.3. The highest BCUT2D eigenvalue weighted by Crippen LogP contribution is 2.31. The molecule has 0 atom stereocenters. The zero-order valence-electron chi connectivity index (χ0n) is 6.16. The lowest BCUT2D eigenvalue weighted by atomic mass is 10.3. The largest absolute Gasteiger partial charge is 0.396 e. The van der Waals surface area contributed by atoms with Gasteiger partial charge in [0.1, 0.15) is 0 Å². The first-order chi connectivity index (χ1) is 5.52. The van der Waals surface area contributed by atoms with Gasteiger partial charge in [-0.15, -0.1) is 12.4 Å². The highest BCUT2D eigenvalue weighted by atomic mass is 35.5. The summed E-state index contributed by atoms with van der Waals surface area (Å²) >= 11 is 11.1. The van der Waals surface area contributed by atoms with Crippen LogP contribution in [0.15, 0.2) is 12.1 Å². The molecule has 0 aliphatic rings. The first kappa shape index (κ1) is 12.3. The molecule has 0 fully saturated rings. The van der Waals surface area contributed by atoms with Crippen molar-refractivity contribution >= 4 is 47.0 Å². The van der Waals surface area contributed by atoms with E-state index in [0.29, 0.717) is 0 Å². The van der Waals surface area contributed by atoms with E-state index in [9.17, 15) is 10.1 Å². The van der Waals surface area contributed by atoms with Crippen LogP contribution in [0.1, 0.15) is 0 Å². The van der Waals surface area contributed by atoms with Gasteiger partial charge in [0, 0.05) is 12.1 Å². The molecular weight excluding hydrogens is 238 g/mol. The van der Waals surface area contributed by atoms with E-state index in [2.05, 4.69) is 0 Å². The van der Waals surface area contributed by atoms with Gasteiger partial charge < -0.3 is 5.73 Å². The second kappa shape index (κ2) is 4.50. The van der Waals surface area contributed by atoms with Crippen molar-refractivity contribution in [3.05, 3.63) is 32.3 Å². The molecule has 0 radical (unpaired) electrons. The molecule has 72 valence electrons. The second-order valence-electron chi connectivity index (χ2n) is 2.08. The van der Waals surface area contributed by atoms with Gasteiger partial charge in [-0.3, -0.25) is 10.1 Å². The number of nitrogen functional groups attached to an aromatic ring is 1. The molecule has 13 heavy (non-hydrogen) atoms. The highest BCUT2D eigenvalue weighted by Gasteiger charge is 2.11. The first-order valence-corrected chi connectivity index (χ1v) is 3.67. The van der Waals surface area contributed by atoms with E-state index in [1.165, 1.54) is 0 Å². The lowest BCUT2D eigenvalue weighted by Gasteiger charge is -1.99. The lowest BCUT2D eigenvalue weighted by Crippen LogP contribution is -1.92. The van der Waals surface area contributed by atoms with E-state index < -0.39 is 4.92 Å². The zero-order valence-corrected chi connectivity index (χ0v) is 8.49. The Balaban J connectivity index is 0.00000144. The number of nitrogens with two attached hydrogens (primary N) is 1. The van der Waals surface area contributed by atoms with Gasteiger partial charge in [-0.2, -0.15) is 0 Å². The number of hydrogen-bond acceptors (Lipinski definition) is 3. The summed E-state index contributed by atoms with van der Waals surface area (Å²) in [6.45, 7) is 0. The van der Waals surface area contributed by atoms with Crippen LogP contribution in [0.5, 0.6) is 0 Å². The average Bonchev–Trinajstić information content (AvgIpc) is 1.99. The van der Waals surface area contributed by atoms with Crippen molar-refractivity contribution in [3.63, 3.8) is 0 Å². The highest BCUT2D eigenvalue weighted by molar-refractivity contribution is 6.39. The molecule has 0 bridgehead atoms. The fraction of sp³-hybridized carbons (Fsp3) is 0. The van der Waals surface area contributed by atoms with Crippen molar-refractivity contribution in [2.24, 2.45) is 0 Å². The maximum atomic E-state index is 10.3. The molecule has 0 unspecified atom stereocenters. The smallest absolute Gasteiger partial charge is 0.272 e. The molecule has 0 aromatic heterocycles. The van der Waals surface area contributed by atoms with E-state index >= 15 is 0 Å². The molecule has 0 spiro atoms. The third-order valence-corrected chi connectivity index (χ3v) is 1.90. The predicted molar refractivity (Wildman–Crippen MR) is 54.8 cm³/mol. The summed E-state index contributed by atoms with van der Waals surface area (Å²) in [4.78, 5) is 9.68.